The quantitative estimate of drug-likeness (QED) is 0.740. The molecule has 0 bridgehead atoms. The molecule has 1 aliphatic rings. The molecular formula is C12H10BF3O. The van der Waals surface area contributed by atoms with Gasteiger partial charge in [-0.15, -0.1) is 0 Å². The van der Waals surface area contributed by atoms with Crippen LogP contribution in [0, 0.1) is 0 Å². The van der Waals surface area contributed by atoms with E-state index in [4.69, 9.17) is 7.85 Å². The van der Waals surface area contributed by atoms with Gasteiger partial charge in [0.1, 0.15) is 5.78 Å². The van der Waals surface area contributed by atoms with Gasteiger partial charge < -0.3 is 0 Å². The Labute approximate surface area is 98.4 Å². The molecule has 1 fully saturated rings. The molecule has 1 aromatic rings. The number of carbonyl (C=O) groups excluding carboxylic acids is 1. The molecule has 1 nitrogen and oxygen atoms in total. The molecule has 5 heteroatoms. The SMILES string of the molecule is [B]CC(=O)C1(c2ccc(C(F)(F)F)cc2)CC1. The zero-order valence-corrected chi connectivity index (χ0v) is 9.05. The van der Waals surface area contributed by atoms with Crippen molar-refractivity contribution in [3.63, 3.8) is 0 Å². The molecule has 0 aliphatic heterocycles. The van der Waals surface area contributed by atoms with Crippen LogP contribution in [0.25, 0.3) is 0 Å². The third-order valence-corrected chi connectivity index (χ3v) is 3.23. The summed E-state index contributed by atoms with van der Waals surface area (Å²) >= 11 is 0. The van der Waals surface area contributed by atoms with Crippen LogP contribution in [0.3, 0.4) is 0 Å². The molecule has 1 saturated carbocycles. The van der Waals surface area contributed by atoms with Gasteiger partial charge in [-0.25, -0.2) is 0 Å². The number of hydrogen-bond acceptors (Lipinski definition) is 1. The molecular weight excluding hydrogens is 228 g/mol. The lowest BCUT2D eigenvalue weighted by molar-refractivity contribution is -0.137. The first-order valence-electron chi connectivity index (χ1n) is 5.31. The second kappa shape index (κ2) is 3.89. The van der Waals surface area contributed by atoms with Crippen LogP contribution in [-0.4, -0.2) is 13.6 Å². The summed E-state index contributed by atoms with van der Waals surface area (Å²) in [5.74, 6) is -0.0998. The maximum atomic E-state index is 12.4. The number of Topliss-reactive ketones (excluding diaryl/α,β-unsaturated/α-hetero) is 1. The number of halogens is 3. The number of rotatable bonds is 3. The molecule has 2 rings (SSSR count). The van der Waals surface area contributed by atoms with Crippen LogP contribution in [0.15, 0.2) is 24.3 Å². The Kier molecular flexibility index (Phi) is 2.80. The number of benzene rings is 1. The van der Waals surface area contributed by atoms with Gasteiger partial charge in [0.05, 0.1) is 18.8 Å². The van der Waals surface area contributed by atoms with Crippen molar-refractivity contribution < 1.29 is 18.0 Å². The molecule has 0 saturated heterocycles. The van der Waals surface area contributed by atoms with Gasteiger partial charge in [-0.3, -0.25) is 4.79 Å². The zero-order valence-electron chi connectivity index (χ0n) is 9.05. The Balaban J connectivity index is 2.28. The van der Waals surface area contributed by atoms with Crippen molar-refractivity contribution in [1.82, 2.24) is 0 Å². The average Bonchev–Trinajstić information content (AvgIpc) is 3.08. The Morgan fingerprint density at radius 2 is 1.76 bits per heavy atom. The first-order chi connectivity index (χ1) is 7.90. The molecule has 17 heavy (non-hydrogen) atoms. The number of alkyl halides is 3. The minimum Gasteiger partial charge on any atom is -0.300 e. The Hall–Kier alpha value is -1.26. The fourth-order valence-electron chi connectivity index (χ4n) is 2.03. The van der Waals surface area contributed by atoms with Crippen LogP contribution in [0.4, 0.5) is 13.2 Å². The third-order valence-electron chi connectivity index (χ3n) is 3.23. The van der Waals surface area contributed by atoms with Crippen molar-refractivity contribution in [2.24, 2.45) is 0 Å². The van der Waals surface area contributed by atoms with E-state index in [2.05, 4.69) is 0 Å². The van der Waals surface area contributed by atoms with Crippen LogP contribution < -0.4 is 0 Å². The van der Waals surface area contributed by atoms with E-state index in [1.807, 2.05) is 0 Å². The fourth-order valence-corrected chi connectivity index (χ4v) is 2.03. The number of ketones is 1. The van der Waals surface area contributed by atoms with Crippen molar-refractivity contribution in [3.05, 3.63) is 35.4 Å². The highest BCUT2D eigenvalue weighted by molar-refractivity contribution is 6.22. The van der Waals surface area contributed by atoms with E-state index >= 15 is 0 Å². The predicted molar refractivity (Wildman–Crippen MR) is 57.9 cm³/mol. The standard InChI is InChI=1S/C12H10BF3O/c13-7-10(17)11(5-6-11)8-1-3-9(4-2-8)12(14,15)16/h1-4H,5-7H2. The summed E-state index contributed by atoms with van der Waals surface area (Å²) in [7, 11) is 5.31. The summed E-state index contributed by atoms with van der Waals surface area (Å²) in [6.07, 6.45) is -3.06. The van der Waals surface area contributed by atoms with E-state index in [1.165, 1.54) is 12.1 Å². The molecule has 2 radical (unpaired) electrons. The number of carbonyl (C=O) groups is 1. The normalized spacial score (nSPS) is 17.8. The van der Waals surface area contributed by atoms with Crippen LogP contribution in [0.5, 0.6) is 0 Å². The van der Waals surface area contributed by atoms with Crippen LogP contribution in [0.2, 0.25) is 6.32 Å². The molecule has 0 atom stereocenters. The van der Waals surface area contributed by atoms with Crippen LogP contribution >= 0.6 is 0 Å². The molecule has 0 aromatic heterocycles. The van der Waals surface area contributed by atoms with E-state index in [1.54, 1.807) is 0 Å². The molecule has 0 spiro atoms. The molecule has 88 valence electrons. The van der Waals surface area contributed by atoms with Crippen molar-refractivity contribution in [3.8, 4) is 0 Å². The van der Waals surface area contributed by atoms with Gasteiger partial charge in [0.15, 0.2) is 0 Å². The van der Waals surface area contributed by atoms with Gasteiger partial charge >= 0.3 is 6.18 Å². The maximum absolute atomic E-state index is 12.4. The zero-order chi connectivity index (χ0) is 12.7. The summed E-state index contributed by atoms with van der Waals surface area (Å²) in [6.45, 7) is 0. The summed E-state index contributed by atoms with van der Waals surface area (Å²) < 4.78 is 37.1. The van der Waals surface area contributed by atoms with Crippen molar-refractivity contribution in [2.45, 2.75) is 30.8 Å². The minimum absolute atomic E-state index is 0.0684. The van der Waals surface area contributed by atoms with Crippen molar-refractivity contribution in [2.75, 3.05) is 0 Å². The van der Waals surface area contributed by atoms with Gasteiger partial charge in [0.2, 0.25) is 0 Å². The van der Waals surface area contributed by atoms with E-state index in [0.29, 0.717) is 18.4 Å². The molecule has 0 unspecified atom stereocenters. The van der Waals surface area contributed by atoms with Gasteiger partial charge in [-0.05, 0) is 36.9 Å². The second-order valence-electron chi connectivity index (χ2n) is 4.28. The summed E-state index contributed by atoms with van der Waals surface area (Å²) in [4.78, 5) is 11.6. The smallest absolute Gasteiger partial charge is 0.300 e. The largest absolute Gasteiger partial charge is 0.416 e. The fraction of sp³-hybridized carbons (Fsp3) is 0.417. The highest BCUT2D eigenvalue weighted by Crippen LogP contribution is 2.49. The van der Waals surface area contributed by atoms with Crippen molar-refractivity contribution in [1.29, 1.82) is 0 Å². The molecule has 1 aromatic carbocycles. The highest BCUT2D eigenvalue weighted by Gasteiger charge is 2.49. The van der Waals surface area contributed by atoms with Gasteiger partial charge in [-0.1, -0.05) is 12.1 Å². The monoisotopic (exact) mass is 238 g/mol. The number of hydrogen-bond donors (Lipinski definition) is 0. The molecule has 0 amide bonds. The highest BCUT2D eigenvalue weighted by atomic mass is 19.4. The Bertz CT molecular complexity index is 432. The lowest BCUT2D eigenvalue weighted by Crippen LogP contribution is -2.20. The summed E-state index contributed by atoms with van der Waals surface area (Å²) in [5, 5.41) is 0. The topological polar surface area (TPSA) is 17.1 Å². The Morgan fingerprint density at radius 3 is 2.12 bits per heavy atom. The first kappa shape index (κ1) is 12.2. The minimum atomic E-state index is -4.34. The van der Waals surface area contributed by atoms with E-state index in [-0.39, 0.29) is 12.1 Å². The van der Waals surface area contributed by atoms with Gasteiger partial charge in [-0.2, -0.15) is 13.2 Å². The van der Waals surface area contributed by atoms with E-state index in [0.717, 1.165) is 12.1 Å². The maximum Gasteiger partial charge on any atom is 0.416 e. The Morgan fingerprint density at radius 1 is 1.24 bits per heavy atom. The first-order valence-corrected chi connectivity index (χ1v) is 5.31. The average molecular weight is 238 g/mol. The van der Waals surface area contributed by atoms with Gasteiger partial charge in [0, 0.05) is 0 Å². The molecule has 0 N–H and O–H groups in total. The molecule has 1 aliphatic carbocycles. The van der Waals surface area contributed by atoms with Crippen LogP contribution in [-0.2, 0) is 16.4 Å². The van der Waals surface area contributed by atoms with E-state index in [9.17, 15) is 18.0 Å². The second-order valence-corrected chi connectivity index (χ2v) is 4.28. The lowest BCUT2D eigenvalue weighted by atomic mass is 9.84. The third kappa shape index (κ3) is 2.10. The predicted octanol–water partition coefficient (Wildman–Crippen LogP) is 2.89. The van der Waals surface area contributed by atoms with Gasteiger partial charge in [0.25, 0.3) is 0 Å². The summed E-state index contributed by atoms with van der Waals surface area (Å²) in [5.41, 5.74) is -0.669. The lowest BCUT2D eigenvalue weighted by Gasteiger charge is -2.14. The molecule has 0 heterocycles. The summed E-state index contributed by atoms with van der Waals surface area (Å²) in [6, 6.07) is 4.78. The van der Waals surface area contributed by atoms with Crippen LogP contribution in [0.1, 0.15) is 24.0 Å². The van der Waals surface area contributed by atoms with Crippen molar-refractivity contribution >= 4 is 13.6 Å². The van der Waals surface area contributed by atoms with E-state index < -0.39 is 17.2 Å².